The third-order valence-electron chi connectivity index (χ3n) is 7.32. The normalized spacial score (nSPS) is 14.5. The molecule has 236 valence electrons. The second-order valence-electron chi connectivity index (χ2n) is 10.4. The standard InChI is InChI=1S/C32H34FN5O7/c1-40-26-17-23(37-32(39)34-19-21-3-5-22(33)6-4-21)7-8-25(26)45-31-28-24(35-20-36-31)18-27(29-30(28)44-16-15-43-29)42-12-2-9-38-10-13-41-14-11-38/h3-8,17-18,20H,2,9-16,19H2,1H3,(H2,34,37,39). The molecular formula is C32H34FN5O7. The highest BCUT2D eigenvalue weighted by Crippen LogP contribution is 2.48. The lowest BCUT2D eigenvalue weighted by Gasteiger charge is -2.26. The Balaban J connectivity index is 1.16. The van der Waals surface area contributed by atoms with E-state index in [4.69, 9.17) is 28.4 Å². The first-order valence-corrected chi connectivity index (χ1v) is 14.7. The van der Waals surface area contributed by atoms with Gasteiger partial charge in [-0.25, -0.2) is 19.2 Å². The van der Waals surface area contributed by atoms with Crippen molar-refractivity contribution in [1.82, 2.24) is 20.2 Å². The highest BCUT2D eigenvalue weighted by molar-refractivity contribution is 5.94. The Hall–Kier alpha value is -4.88. The number of hydrogen-bond donors (Lipinski definition) is 2. The maximum Gasteiger partial charge on any atom is 0.319 e. The van der Waals surface area contributed by atoms with Gasteiger partial charge in [-0.05, 0) is 36.2 Å². The number of nitrogens with one attached hydrogen (secondary N) is 2. The number of halogens is 1. The van der Waals surface area contributed by atoms with Crippen molar-refractivity contribution < 1.29 is 37.6 Å². The van der Waals surface area contributed by atoms with Gasteiger partial charge in [-0.15, -0.1) is 0 Å². The van der Waals surface area contributed by atoms with Crippen molar-refractivity contribution in [2.45, 2.75) is 13.0 Å². The number of rotatable bonds is 11. The molecule has 2 aliphatic rings. The van der Waals surface area contributed by atoms with Crippen LogP contribution in [0, 0.1) is 5.82 Å². The van der Waals surface area contributed by atoms with Gasteiger partial charge in [0.2, 0.25) is 11.6 Å². The summed E-state index contributed by atoms with van der Waals surface area (Å²) in [6.07, 6.45) is 2.26. The van der Waals surface area contributed by atoms with Gasteiger partial charge in [-0.3, -0.25) is 4.90 Å². The van der Waals surface area contributed by atoms with Crippen LogP contribution in [0.25, 0.3) is 10.9 Å². The fraction of sp³-hybridized carbons (Fsp3) is 0.344. The Kier molecular flexibility index (Phi) is 9.56. The van der Waals surface area contributed by atoms with Crippen LogP contribution in [0.3, 0.4) is 0 Å². The van der Waals surface area contributed by atoms with Crippen molar-refractivity contribution in [3.63, 3.8) is 0 Å². The van der Waals surface area contributed by atoms with Crippen LogP contribution in [0.5, 0.6) is 34.6 Å². The summed E-state index contributed by atoms with van der Waals surface area (Å²) < 4.78 is 48.5. The second kappa shape index (κ2) is 14.3. The number of carbonyl (C=O) groups excluding carboxylic acids is 1. The average Bonchev–Trinajstić information content (AvgIpc) is 3.07. The zero-order valence-electron chi connectivity index (χ0n) is 24.8. The molecule has 4 aromatic rings. The Bertz CT molecular complexity index is 1630. The van der Waals surface area contributed by atoms with Crippen molar-refractivity contribution in [2.75, 3.05) is 65.1 Å². The smallest absolute Gasteiger partial charge is 0.319 e. The van der Waals surface area contributed by atoms with E-state index >= 15 is 0 Å². The maximum atomic E-state index is 13.1. The molecule has 2 N–H and O–H groups in total. The number of carbonyl (C=O) groups is 1. The number of benzene rings is 3. The molecule has 0 saturated carbocycles. The van der Waals surface area contributed by atoms with Gasteiger partial charge in [0.15, 0.2) is 23.0 Å². The third kappa shape index (κ3) is 7.44. The molecule has 1 fully saturated rings. The van der Waals surface area contributed by atoms with E-state index in [0.717, 1.165) is 44.8 Å². The fourth-order valence-corrected chi connectivity index (χ4v) is 5.06. The van der Waals surface area contributed by atoms with Crippen LogP contribution in [0.2, 0.25) is 0 Å². The minimum atomic E-state index is -0.431. The van der Waals surface area contributed by atoms with Gasteiger partial charge in [0, 0.05) is 44.0 Å². The molecule has 2 amide bonds. The first-order valence-electron chi connectivity index (χ1n) is 14.7. The van der Waals surface area contributed by atoms with Crippen LogP contribution in [0.4, 0.5) is 14.9 Å². The first-order chi connectivity index (χ1) is 22.1. The molecule has 0 radical (unpaired) electrons. The van der Waals surface area contributed by atoms with Crippen molar-refractivity contribution in [3.8, 4) is 34.6 Å². The Labute approximate surface area is 259 Å². The quantitative estimate of drug-likeness (QED) is 0.227. The van der Waals surface area contributed by atoms with E-state index in [0.29, 0.717) is 65.2 Å². The number of hydrogen-bond acceptors (Lipinski definition) is 10. The molecule has 1 aromatic heterocycles. The van der Waals surface area contributed by atoms with E-state index in [9.17, 15) is 9.18 Å². The lowest BCUT2D eigenvalue weighted by atomic mass is 10.1. The van der Waals surface area contributed by atoms with Crippen LogP contribution in [-0.4, -0.2) is 80.7 Å². The molecule has 45 heavy (non-hydrogen) atoms. The van der Waals surface area contributed by atoms with E-state index in [1.807, 2.05) is 0 Å². The van der Waals surface area contributed by atoms with E-state index < -0.39 is 6.03 Å². The number of nitrogens with zero attached hydrogens (tertiary/aromatic N) is 3. The lowest BCUT2D eigenvalue weighted by Crippen LogP contribution is -2.37. The Morgan fingerprint density at radius 2 is 1.76 bits per heavy atom. The Morgan fingerprint density at radius 1 is 0.956 bits per heavy atom. The second-order valence-corrected chi connectivity index (χ2v) is 10.4. The van der Waals surface area contributed by atoms with Gasteiger partial charge in [0.05, 0.1) is 32.4 Å². The topological polar surface area (TPSA) is 126 Å². The predicted molar refractivity (Wildman–Crippen MR) is 163 cm³/mol. The molecule has 12 nitrogen and oxygen atoms in total. The highest BCUT2D eigenvalue weighted by atomic mass is 19.1. The zero-order valence-corrected chi connectivity index (χ0v) is 24.8. The molecule has 3 heterocycles. The maximum absolute atomic E-state index is 13.1. The van der Waals surface area contributed by atoms with E-state index in [1.54, 1.807) is 36.4 Å². The molecule has 13 heteroatoms. The number of anilines is 1. The number of amides is 2. The monoisotopic (exact) mass is 619 g/mol. The summed E-state index contributed by atoms with van der Waals surface area (Å²) in [6, 6.07) is 12.3. The van der Waals surface area contributed by atoms with E-state index in [1.165, 1.54) is 25.6 Å². The number of fused-ring (bicyclic) bond motifs is 3. The van der Waals surface area contributed by atoms with Gasteiger partial charge >= 0.3 is 6.03 Å². The predicted octanol–water partition coefficient (Wildman–Crippen LogP) is 4.76. The number of methoxy groups -OCH3 is 1. The molecule has 1 saturated heterocycles. The van der Waals surface area contributed by atoms with Gasteiger partial charge in [-0.1, -0.05) is 12.1 Å². The van der Waals surface area contributed by atoms with Crippen molar-refractivity contribution in [3.05, 3.63) is 66.2 Å². The summed E-state index contributed by atoms with van der Waals surface area (Å²) in [4.78, 5) is 23.7. The molecular weight excluding hydrogens is 585 g/mol. The van der Waals surface area contributed by atoms with Crippen molar-refractivity contribution in [2.24, 2.45) is 0 Å². The molecule has 0 spiro atoms. The number of aromatic nitrogens is 2. The summed E-state index contributed by atoms with van der Waals surface area (Å²) in [5, 5.41) is 6.04. The van der Waals surface area contributed by atoms with Crippen LogP contribution in [0.15, 0.2) is 54.9 Å². The van der Waals surface area contributed by atoms with Crippen molar-refractivity contribution in [1.29, 1.82) is 0 Å². The molecule has 2 aliphatic heterocycles. The highest BCUT2D eigenvalue weighted by Gasteiger charge is 2.26. The summed E-state index contributed by atoms with van der Waals surface area (Å²) in [5.74, 6) is 2.13. The van der Waals surface area contributed by atoms with Gasteiger partial charge < -0.3 is 39.1 Å². The Morgan fingerprint density at radius 3 is 2.56 bits per heavy atom. The van der Waals surface area contributed by atoms with Crippen molar-refractivity contribution >= 4 is 22.6 Å². The molecule has 0 unspecified atom stereocenters. The SMILES string of the molecule is COc1cc(NC(=O)NCc2ccc(F)cc2)ccc1Oc1ncnc2cc(OCCCN3CCOCC3)c3c(c12)OCCO3. The van der Waals surface area contributed by atoms with Crippen LogP contribution in [-0.2, 0) is 11.3 Å². The zero-order chi connectivity index (χ0) is 31.0. The molecule has 0 atom stereocenters. The number of morpholine rings is 1. The fourth-order valence-electron chi connectivity index (χ4n) is 5.06. The number of urea groups is 1. The molecule has 0 aliphatic carbocycles. The van der Waals surface area contributed by atoms with Crippen LogP contribution < -0.4 is 34.3 Å². The van der Waals surface area contributed by atoms with E-state index in [-0.39, 0.29) is 18.2 Å². The average molecular weight is 620 g/mol. The third-order valence-corrected chi connectivity index (χ3v) is 7.32. The van der Waals surface area contributed by atoms with Gasteiger partial charge in [-0.2, -0.15) is 0 Å². The molecule has 0 bridgehead atoms. The summed E-state index contributed by atoms with van der Waals surface area (Å²) in [5.41, 5.74) is 1.82. The summed E-state index contributed by atoms with van der Waals surface area (Å²) in [6.45, 7) is 5.79. The van der Waals surface area contributed by atoms with Gasteiger partial charge in [0.25, 0.3) is 0 Å². The number of ether oxygens (including phenoxy) is 6. The summed E-state index contributed by atoms with van der Waals surface area (Å²) in [7, 11) is 1.50. The van der Waals surface area contributed by atoms with Gasteiger partial charge in [0.1, 0.15) is 30.7 Å². The molecule has 6 rings (SSSR count). The van der Waals surface area contributed by atoms with E-state index in [2.05, 4.69) is 25.5 Å². The van der Waals surface area contributed by atoms with Crippen LogP contribution >= 0.6 is 0 Å². The first kappa shape index (κ1) is 30.2. The largest absolute Gasteiger partial charge is 0.493 e. The van der Waals surface area contributed by atoms with Crippen LogP contribution in [0.1, 0.15) is 12.0 Å². The summed E-state index contributed by atoms with van der Waals surface area (Å²) >= 11 is 0. The minimum absolute atomic E-state index is 0.239. The lowest BCUT2D eigenvalue weighted by molar-refractivity contribution is 0.0357. The molecule has 3 aromatic carbocycles. The minimum Gasteiger partial charge on any atom is -0.493 e.